The highest BCUT2D eigenvalue weighted by atomic mass is 19.4. The number of ether oxygens (including phenoxy) is 2. The average Bonchev–Trinajstić information content (AvgIpc) is 3.22. The first-order valence-corrected chi connectivity index (χ1v) is 9.34. The van der Waals surface area contributed by atoms with Gasteiger partial charge in [0.25, 0.3) is 0 Å². The molecule has 0 N–H and O–H groups in total. The van der Waals surface area contributed by atoms with Gasteiger partial charge in [0.05, 0.1) is 18.6 Å². The first-order chi connectivity index (χ1) is 13.8. The van der Waals surface area contributed by atoms with Crippen molar-refractivity contribution < 1.29 is 27.4 Å². The molecule has 1 amide bonds. The first-order valence-electron chi connectivity index (χ1n) is 9.34. The summed E-state index contributed by atoms with van der Waals surface area (Å²) in [5.41, 5.74) is 1.62. The Morgan fingerprint density at radius 3 is 2.72 bits per heavy atom. The summed E-state index contributed by atoms with van der Waals surface area (Å²) in [5.74, 6) is -0.827. The third-order valence-corrected chi connectivity index (χ3v) is 6.40. The number of hydrogen-bond donors (Lipinski definition) is 0. The van der Waals surface area contributed by atoms with Crippen molar-refractivity contribution in [2.75, 3.05) is 25.6 Å². The summed E-state index contributed by atoms with van der Waals surface area (Å²) in [6.07, 6.45) is -5.07. The molecule has 152 valence electrons. The molecule has 5 nitrogen and oxygen atoms in total. The summed E-state index contributed by atoms with van der Waals surface area (Å²) < 4.78 is 51.8. The molecule has 29 heavy (non-hydrogen) atoms. The lowest BCUT2D eigenvalue weighted by Crippen LogP contribution is -2.54. The minimum absolute atomic E-state index is 0.0104. The van der Waals surface area contributed by atoms with Gasteiger partial charge in [-0.3, -0.25) is 4.79 Å². The highest BCUT2D eigenvalue weighted by Gasteiger charge is 2.66. The number of rotatable bonds is 1. The number of hydrogen-bond acceptors (Lipinski definition) is 4. The largest absolute Gasteiger partial charge is 0.497 e. The number of halogens is 3. The van der Waals surface area contributed by atoms with Crippen LogP contribution in [0.2, 0.25) is 0 Å². The van der Waals surface area contributed by atoms with Crippen molar-refractivity contribution in [3.63, 3.8) is 0 Å². The Morgan fingerprint density at radius 2 is 2.00 bits per heavy atom. The molecule has 1 spiro atoms. The van der Waals surface area contributed by atoms with Crippen LogP contribution >= 0.6 is 0 Å². The number of carbonyl (C=O) groups excluding carboxylic acids is 1. The van der Waals surface area contributed by atoms with E-state index < -0.39 is 29.8 Å². The highest BCUT2D eigenvalue weighted by molar-refractivity contribution is 5.84. The van der Waals surface area contributed by atoms with Gasteiger partial charge in [-0.15, -0.1) is 0 Å². The monoisotopic (exact) mass is 404 g/mol. The molecule has 0 saturated carbocycles. The molecule has 0 radical (unpaired) electrons. The first kappa shape index (κ1) is 18.1. The molecule has 0 bridgehead atoms. The number of likely N-dealkylation sites (N-methyl/N-ethyl adjacent to an activating group) is 1. The van der Waals surface area contributed by atoms with Crippen LogP contribution in [0, 0.1) is 0 Å². The summed E-state index contributed by atoms with van der Waals surface area (Å²) in [6, 6.07) is 11.9. The highest BCUT2D eigenvalue weighted by Crippen LogP contribution is 2.63. The van der Waals surface area contributed by atoms with Crippen LogP contribution in [0.4, 0.5) is 18.9 Å². The molecule has 2 aromatic carbocycles. The van der Waals surface area contributed by atoms with Crippen LogP contribution in [0.5, 0.6) is 11.5 Å². The minimum Gasteiger partial charge on any atom is -0.497 e. The van der Waals surface area contributed by atoms with E-state index in [1.54, 1.807) is 18.2 Å². The number of para-hydroxylation sites is 1. The second kappa shape index (κ2) is 5.81. The number of nitrogens with zero attached hydrogens (tertiary/aromatic N) is 2. The van der Waals surface area contributed by atoms with Crippen LogP contribution in [0.3, 0.4) is 0 Å². The van der Waals surface area contributed by atoms with Crippen molar-refractivity contribution in [3.05, 3.63) is 53.6 Å². The zero-order valence-corrected chi connectivity index (χ0v) is 15.9. The lowest BCUT2D eigenvalue weighted by atomic mass is 9.70. The van der Waals surface area contributed by atoms with Crippen molar-refractivity contribution in [2.24, 2.45) is 0 Å². The van der Waals surface area contributed by atoms with E-state index in [2.05, 4.69) is 0 Å². The fourth-order valence-corrected chi connectivity index (χ4v) is 5.27. The Balaban J connectivity index is 1.75. The third-order valence-electron chi connectivity index (χ3n) is 6.40. The fourth-order valence-electron chi connectivity index (χ4n) is 5.27. The summed E-state index contributed by atoms with van der Waals surface area (Å²) >= 11 is 0. The second-order valence-electron chi connectivity index (χ2n) is 7.69. The second-order valence-corrected chi connectivity index (χ2v) is 7.69. The van der Waals surface area contributed by atoms with Crippen molar-refractivity contribution in [3.8, 4) is 11.5 Å². The van der Waals surface area contributed by atoms with E-state index >= 15 is 0 Å². The van der Waals surface area contributed by atoms with Crippen LogP contribution in [0.15, 0.2) is 42.5 Å². The van der Waals surface area contributed by atoms with Crippen LogP contribution < -0.4 is 14.4 Å². The topological polar surface area (TPSA) is 42.0 Å². The summed E-state index contributed by atoms with van der Waals surface area (Å²) in [4.78, 5) is 15.3. The van der Waals surface area contributed by atoms with Crippen molar-refractivity contribution >= 4 is 11.6 Å². The van der Waals surface area contributed by atoms with Gasteiger partial charge in [-0.1, -0.05) is 18.2 Å². The predicted octanol–water partition coefficient (Wildman–Crippen LogP) is 3.64. The maximum atomic E-state index is 13.4. The Kier molecular flexibility index (Phi) is 3.63. The number of fused-ring (bicyclic) bond motifs is 3. The minimum atomic E-state index is -4.93. The summed E-state index contributed by atoms with van der Waals surface area (Å²) in [6.45, 7) is 0.0104. The van der Waals surface area contributed by atoms with Crippen molar-refractivity contribution in [1.82, 2.24) is 4.90 Å². The summed E-state index contributed by atoms with van der Waals surface area (Å²) in [7, 11) is 3.39. The van der Waals surface area contributed by atoms with Gasteiger partial charge in [0.2, 0.25) is 0 Å². The van der Waals surface area contributed by atoms with Crippen LogP contribution in [-0.2, 0) is 10.2 Å². The molecule has 1 saturated heterocycles. The number of carbonyl (C=O) groups is 1. The molecule has 3 aliphatic rings. The maximum absolute atomic E-state index is 13.4. The molecule has 2 aromatic rings. The maximum Gasteiger partial charge on any atom is 0.471 e. The number of likely N-dealkylation sites (tertiary alicyclic amines) is 1. The Bertz CT molecular complexity index is 1010. The standard InChI is InChI=1S/C21H19F3N2O3/c1-25-15-6-4-3-5-14(15)20-9-10-26(18(27)21(22,23)24)17(20)13-8-7-12(28-2)11-16(13)29-19(20)25/h3-8,11,17,19H,9-10H2,1-2H3/t17-,19-,20+/m0/s1. The van der Waals surface area contributed by atoms with E-state index in [1.807, 2.05) is 36.2 Å². The Hall–Kier alpha value is -2.90. The van der Waals surface area contributed by atoms with Gasteiger partial charge in [-0.2, -0.15) is 13.2 Å². The average molecular weight is 404 g/mol. The number of benzene rings is 2. The molecule has 8 heteroatoms. The van der Waals surface area contributed by atoms with Crippen LogP contribution in [0.1, 0.15) is 23.6 Å². The van der Waals surface area contributed by atoms with Gasteiger partial charge >= 0.3 is 12.1 Å². The van der Waals surface area contributed by atoms with Gasteiger partial charge in [0, 0.05) is 30.9 Å². The fraction of sp³-hybridized carbons (Fsp3) is 0.381. The quantitative estimate of drug-likeness (QED) is 0.728. The summed E-state index contributed by atoms with van der Waals surface area (Å²) in [5, 5.41) is 0. The number of amides is 1. The Morgan fingerprint density at radius 1 is 1.24 bits per heavy atom. The van der Waals surface area contributed by atoms with Gasteiger partial charge in [-0.05, 0) is 30.2 Å². The predicted molar refractivity (Wildman–Crippen MR) is 99.1 cm³/mol. The lowest BCUT2D eigenvalue weighted by Gasteiger charge is -2.45. The number of methoxy groups -OCH3 is 1. The molecule has 0 aromatic heterocycles. The van der Waals surface area contributed by atoms with E-state index in [4.69, 9.17) is 9.47 Å². The van der Waals surface area contributed by atoms with E-state index in [-0.39, 0.29) is 6.54 Å². The molecule has 0 aliphatic carbocycles. The zero-order chi connectivity index (χ0) is 20.6. The van der Waals surface area contributed by atoms with Gasteiger partial charge in [0.15, 0.2) is 6.23 Å². The number of anilines is 1. The van der Waals surface area contributed by atoms with Gasteiger partial charge in [0.1, 0.15) is 11.5 Å². The van der Waals surface area contributed by atoms with E-state index in [0.29, 0.717) is 23.5 Å². The molecule has 3 heterocycles. The molecule has 3 atom stereocenters. The normalized spacial score (nSPS) is 26.9. The lowest BCUT2D eigenvalue weighted by molar-refractivity contribution is -0.187. The van der Waals surface area contributed by atoms with E-state index in [9.17, 15) is 18.0 Å². The molecule has 0 unspecified atom stereocenters. The molecule has 1 fully saturated rings. The van der Waals surface area contributed by atoms with Gasteiger partial charge < -0.3 is 19.3 Å². The van der Waals surface area contributed by atoms with Crippen LogP contribution in [-0.4, -0.2) is 43.9 Å². The van der Waals surface area contributed by atoms with E-state index in [0.717, 1.165) is 16.2 Å². The molecule has 3 aliphatic heterocycles. The smallest absolute Gasteiger partial charge is 0.471 e. The molecular formula is C21H19F3N2O3. The zero-order valence-electron chi connectivity index (χ0n) is 15.9. The third kappa shape index (κ3) is 2.25. The number of alkyl halides is 3. The van der Waals surface area contributed by atoms with Crippen LogP contribution in [0.25, 0.3) is 0 Å². The van der Waals surface area contributed by atoms with E-state index in [1.165, 1.54) is 7.11 Å². The van der Waals surface area contributed by atoms with Gasteiger partial charge in [-0.25, -0.2) is 0 Å². The Labute approximate surface area is 165 Å². The van der Waals surface area contributed by atoms with Crippen molar-refractivity contribution in [1.29, 1.82) is 0 Å². The van der Waals surface area contributed by atoms with Crippen molar-refractivity contribution in [2.45, 2.75) is 30.3 Å². The molecular weight excluding hydrogens is 385 g/mol. The molecule has 5 rings (SSSR count). The SMILES string of the molecule is COc1ccc2c(c1)O[C@@H]1N(C)c3ccccc3[C@@]13CCN(C(=O)C(F)(F)F)[C@@H]23.